The van der Waals surface area contributed by atoms with E-state index in [0.29, 0.717) is 6.04 Å². The molecule has 0 aromatic heterocycles. The Bertz CT molecular complexity index is 385. The predicted octanol–water partition coefficient (Wildman–Crippen LogP) is -0.983. The Morgan fingerprint density at radius 3 is 2.30 bits per heavy atom. The molecule has 112 valence electrons. The van der Waals surface area contributed by atoms with Crippen molar-refractivity contribution in [1.82, 2.24) is 20.4 Å². The number of amides is 2. The molecule has 0 radical (unpaired) electrons. The first-order valence-corrected chi connectivity index (χ1v) is 7.69. The summed E-state index contributed by atoms with van der Waals surface area (Å²) in [7, 11) is 0. The zero-order valence-electron chi connectivity index (χ0n) is 12.1. The van der Waals surface area contributed by atoms with E-state index in [-0.39, 0.29) is 23.8 Å². The van der Waals surface area contributed by atoms with Gasteiger partial charge < -0.3 is 15.5 Å². The summed E-state index contributed by atoms with van der Waals surface area (Å²) >= 11 is 0. The summed E-state index contributed by atoms with van der Waals surface area (Å²) in [5.74, 6) is 0.589. The van der Waals surface area contributed by atoms with Gasteiger partial charge in [-0.2, -0.15) is 0 Å². The minimum atomic E-state index is -0.0850. The normalized spacial score (nSPS) is 25.9. The lowest BCUT2D eigenvalue weighted by Gasteiger charge is -2.40. The maximum absolute atomic E-state index is 12.1. The van der Waals surface area contributed by atoms with Crippen LogP contribution < -0.4 is 10.6 Å². The van der Waals surface area contributed by atoms with Gasteiger partial charge in [0.15, 0.2) is 0 Å². The molecule has 3 aliphatic rings. The van der Waals surface area contributed by atoms with Crippen LogP contribution in [0.2, 0.25) is 0 Å². The van der Waals surface area contributed by atoms with Crippen LogP contribution in [0.3, 0.4) is 0 Å². The first kappa shape index (κ1) is 13.8. The Labute approximate surface area is 119 Å². The average molecular weight is 280 g/mol. The highest BCUT2D eigenvalue weighted by Gasteiger charge is 2.33. The molecule has 2 amide bonds. The van der Waals surface area contributed by atoms with Gasteiger partial charge in [0.2, 0.25) is 11.8 Å². The fourth-order valence-corrected chi connectivity index (χ4v) is 2.77. The standard InChI is InChI=1S/C14H24N4O2/c1-10(13(19)16-12-2-3-12)17-4-6-18(7-5-17)14(20)11-8-15-9-11/h10-12,15H,2-9H2,1H3,(H,16,19). The van der Waals surface area contributed by atoms with Crippen LogP contribution in [-0.4, -0.2) is 73.0 Å². The summed E-state index contributed by atoms with van der Waals surface area (Å²) in [5, 5.41) is 6.19. The molecule has 20 heavy (non-hydrogen) atoms. The molecule has 2 N–H and O–H groups in total. The van der Waals surface area contributed by atoms with E-state index in [4.69, 9.17) is 0 Å². The lowest BCUT2D eigenvalue weighted by molar-refractivity contribution is -0.139. The van der Waals surface area contributed by atoms with Crippen LogP contribution in [0.5, 0.6) is 0 Å². The molecule has 6 heteroatoms. The van der Waals surface area contributed by atoms with Crippen LogP contribution in [-0.2, 0) is 9.59 Å². The highest BCUT2D eigenvalue weighted by molar-refractivity contribution is 5.82. The number of hydrogen-bond donors (Lipinski definition) is 2. The van der Waals surface area contributed by atoms with E-state index in [1.54, 1.807) is 0 Å². The van der Waals surface area contributed by atoms with E-state index in [2.05, 4.69) is 15.5 Å². The van der Waals surface area contributed by atoms with Crippen LogP contribution in [0.1, 0.15) is 19.8 Å². The largest absolute Gasteiger partial charge is 0.352 e. The summed E-state index contributed by atoms with van der Waals surface area (Å²) in [4.78, 5) is 28.3. The van der Waals surface area contributed by atoms with Gasteiger partial charge in [-0.05, 0) is 19.8 Å². The second kappa shape index (κ2) is 5.69. The molecule has 6 nitrogen and oxygen atoms in total. The van der Waals surface area contributed by atoms with E-state index < -0.39 is 0 Å². The number of rotatable bonds is 4. The molecule has 0 spiro atoms. The van der Waals surface area contributed by atoms with Crippen LogP contribution >= 0.6 is 0 Å². The molecule has 2 saturated heterocycles. The molecule has 3 fully saturated rings. The fraction of sp³-hybridized carbons (Fsp3) is 0.857. The molecule has 1 saturated carbocycles. The van der Waals surface area contributed by atoms with Crippen molar-refractivity contribution in [2.24, 2.45) is 5.92 Å². The first-order valence-electron chi connectivity index (χ1n) is 7.69. The van der Waals surface area contributed by atoms with Gasteiger partial charge in [0.25, 0.3) is 0 Å². The van der Waals surface area contributed by atoms with Gasteiger partial charge in [-0.25, -0.2) is 0 Å². The van der Waals surface area contributed by atoms with Crippen molar-refractivity contribution >= 4 is 11.8 Å². The summed E-state index contributed by atoms with van der Waals surface area (Å²) in [6.45, 7) is 6.69. The van der Waals surface area contributed by atoms with Gasteiger partial charge in [0, 0.05) is 45.3 Å². The van der Waals surface area contributed by atoms with Gasteiger partial charge in [-0.1, -0.05) is 0 Å². The molecule has 3 rings (SSSR count). The van der Waals surface area contributed by atoms with Gasteiger partial charge in [0.05, 0.1) is 12.0 Å². The lowest BCUT2D eigenvalue weighted by atomic mass is 10.0. The smallest absolute Gasteiger partial charge is 0.237 e. The van der Waals surface area contributed by atoms with Crippen LogP contribution in [0.4, 0.5) is 0 Å². The van der Waals surface area contributed by atoms with Crippen molar-refractivity contribution in [2.75, 3.05) is 39.3 Å². The van der Waals surface area contributed by atoms with Crippen molar-refractivity contribution in [3.05, 3.63) is 0 Å². The van der Waals surface area contributed by atoms with Gasteiger partial charge in [-0.15, -0.1) is 0 Å². The monoisotopic (exact) mass is 280 g/mol. The third-order valence-corrected chi connectivity index (χ3v) is 4.61. The Balaban J connectivity index is 1.44. The second-order valence-electron chi connectivity index (χ2n) is 6.18. The number of nitrogens with zero attached hydrogens (tertiary/aromatic N) is 2. The lowest BCUT2D eigenvalue weighted by Crippen LogP contribution is -2.59. The van der Waals surface area contributed by atoms with Crippen LogP contribution in [0, 0.1) is 5.92 Å². The minimum Gasteiger partial charge on any atom is -0.352 e. The number of nitrogens with one attached hydrogen (secondary N) is 2. The highest BCUT2D eigenvalue weighted by atomic mass is 16.2. The maximum atomic E-state index is 12.1. The van der Waals surface area contributed by atoms with Crippen LogP contribution in [0.15, 0.2) is 0 Å². The zero-order valence-corrected chi connectivity index (χ0v) is 12.1. The third-order valence-electron chi connectivity index (χ3n) is 4.61. The molecule has 0 aromatic carbocycles. The molecule has 0 aromatic rings. The van der Waals surface area contributed by atoms with E-state index in [1.807, 2.05) is 11.8 Å². The number of carbonyl (C=O) groups is 2. The van der Waals surface area contributed by atoms with E-state index in [9.17, 15) is 9.59 Å². The Morgan fingerprint density at radius 1 is 1.15 bits per heavy atom. The SMILES string of the molecule is CC(C(=O)NC1CC1)N1CCN(C(=O)C2CNC2)CC1. The van der Waals surface area contributed by atoms with Crippen molar-refractivity contribution in [3.8, 4) is 0 Å². The number of piperazine rings is 1. The second-order valence-corrected chi connectivity index (χ2v) is 6.18. The maximum Gasteiger partial charge on any atom is 0.237 e. The van der Waals surface area contributed by atoms with Crippen molar-refractivity contribution in [2.45, 2.75) is 31.8 Å². The predicted molar refractivity (Wildman–Crippen MR) is 75.1 cm³/mol. The molecule has 0 bridgehead atoms. The van der Waals surface area contributed by atoms with Gasteiger partial charge >= 0.3 is 0 Å². The van der Waals surface area contributed by atoms with Crippen molar-refractivity contribution < 1.29 is 9.59 Å². The summed E-state index contributed by atoms with van der Waals surface area (Å²) < 4.78 is 0. The van der Waals surface area contributed by atoms with E-state index in [1.165, 1.54) is 0 Å². The minimum absolute atomic E-state index is 0.0850. The molecular weight excluding hydrogens is 256 g/mol. The summed E-state index contributed by atoms with van der Waals surface area (Å²) in [5.41, 5.74) is 0. The van der Waals surface area contributed by atoms with E-state index >= 15 is 0 Å². The number of carbonyl (C=O) groups excluding carboxylic acids is 2. The molecule has 2 aliphatic heterocycles. The topological polar surface area (TPSA) is 64.7 Å². The highest BCUT2D eigenvalue weighted by Crippen LogP contribution is 2.19. The van der Waals surface area contributed by atoms with E-state index in [0.717, 1.165) is 52.1 Å². The molecule has 1 atom stereocenters. The van der Waals surface area contributed by atoms with Crippen LogP contribution in [0.25, 0.3) is 0 Å². The molecule has 1 aliphatic carbocycles. The Kier molecular flexibility index (Phi) is 3.94. The summed E-state index contributed by atoms with van der Waals surface area (Å²) in [6.07, 6.45) is 2.24. The number of hydrogen-bond acceptors (Lipinski definition) is 4. The summed E-state index contributed by atoms with van der Waals surface area (Å²) in [6, 6.07) is 0.331. The zero-order chi connectivity index (χ0) is 14.1. The Morgan fingerprint density at radius 2 is 1.80 bits per heavy atom. The van der Waals surface area contributed by atoms with Gasteiger partial charge in [-0.3, -0.25) is 14.5 Å². The van der Waals surface area contributed by atoms with Crippen molar-refractivity contribution in [3.63, 3.8) is 0 Å². The third kappa shape index (κ3) is 2.96. The quantitative estimate of drug-likeness (QED) is 0.694. The Hall–Kier alpha value is -1.14. The average Bonchev–Trinajstić information content (AvgIpc) is 3.20. The molecule has 1 unspecified atom stereocenters. The molecule has 2 heterocycles. The van der Waals surface area contributed by atoms with Crippen molar-refractivity contribution in [1.29, 1.82) is 0 Å². The first-order chi connectivity index (χ1) is 9.65. The molecular formula is C14H24N4O2. The van der Waals surface area contributed by atoms with Gasteiger partial charge in [0.1, 0.15) is 0 Å². The fourth-order valence-electron chi connectivity index (χ4n) is 2.77.